The Balaban J connectivity index is 2.22. The van der Waals surface area contributed by atoms with Crippen molar-refractivity contribution >= 4 is 35.1 Å². The van der Waals surface area contributed by atoms with E-state index in [1.54, 1.807) is 6.92 Å². The number of anilines is 2. The zero-order valence-electron chi connectivity index (χ0n) is 13.1. The number of thioether (sulfide) groups is 1. The molecular formula is C15H15FN4O4S. The van der Waals surface area contributed by atoms with E-state index in [2.05, 4.69) is 15.3 Å². The van der Waals surface area contributed by atoms with Crippen LogP contribution >= 0.6 is 11.8 Å². The molecular weight excluding hydrogens is 351 g/mol. The van der Waals surface area contributed by atoms with Gasteiger partial charge in [-0.25, -0.2) is 9.37 Å². The Kier molecular flexibility index (Phi) is 5.75. The summed E-state index contributed by atoms with van der Waals surface area (Å²) in [6.45, 7) is 1.69. The summed E-state index contributed by atoms with van der Waals surface area (Å²) < 4.78 is 12.9. The fourth-order valence-corrected chi connectivity index (χ4v) is 2.72. The molecule has 1 heterocycles. The molecule has 8 nitrogen and oxygen atoms in total. The Morgan fingerprint density at radius 2 is 2.04 bits per heavy atom. The number of rotatable bonds is 6. The van der Waals surface area contributed by atoms with Gasteiger partial charge in [-0.3, -0.25) is 19.4 Å². The third-order valence-electron chi connectivity index (χ3n) is 3.17. The molecule has 0 spiro atoms. The minimum absolute atomic E-state index is 0.0385. The molecule has 0 saturated heterocycles. The maximum atomic E-state index is 12.9. The number of hydrogen-bond acceptors (Lipinski definition) is 6. The first-order valence-corrected chi connectivity index (χ1v) is 8.06. The molecule has 0 radical (unpaired) electrons. The molecule has 0 aliphatic heterocycles. The number of hydrogen-bond donors (Lipinski definition) is 4. The van der Waals surface area contributed by atoms with Crippen molar-refractivity contribution in [2.24, 2.45) is 0 Å². The van der Waals surface area contributed by atoms with Crippen molar-refractivity contribution in [3.8, 4) is 0 Å². The number of nitrogens with two attached hydrogens (primary N) is 1. The van der Waals surface area contributed by atoms with Crippen molar-refractivity contribution in [1.82, 2.24) is 9.97 Å². The molecule has 0 bridgehead atoms. The molecule has 5 N–H and O–H groups in total. The van der Waals surface area contributed by atoms with Gasteiger partial charge < -0.3 is 16.2 Å². The number of nitrogens with zero attached hydrogens (tertiary/aromatic N) is 1. The second-order valence-corrected chi connectivity index (χ2v) is 6.14. The number of benzene rings is 1. The number of nitrogens with one attached hydrogen (secondary N) is 2. The average Bonchev–Trinajstić information content (AvgIpc) is 2.56. The van der Waals surface area contributed by atoms with Crippen molar-refractivity contribution in [1.29, 1.82) is 0 Å². The number of nitrogen functional groups attached to an aromatic ring is 1. The van der Waals surface area contributed by atoms with E-state index in [0.29, 0.717) is 6.42 Å². The first-order valence-electron chi connectivity index (χ1n) is 7.18. The number of aromatic nitrogens is 2. The van der Waals surface area contributed by atoms with E-state index in [0.717, 1.165) is 23.9 Å². The number of amides is 1. The van der Waals surface area contributed by atoms with Crippen molar-refractivity contribution in [2.45, 2.75) is 23.8 Å². The predicted octanol–water partition coefficient (Wildman–Crippen LogP) is 1.70. The monoisotopic (exact) mass is 366 g/mol. The predicted molar refractivity (Wildman–Crippen MR) is 91.2 cm³/mol. The zero-order chi connectivity index (χ0) is 18.6. The number of carboxylic acid groups (broad SMARTS) is 1. The van der Waals surface area contributed by atoms with Crippen LogP contribution in [0.1, 0.15) is 23.7 Å². The number of H-pyrrole nitrogens is 1. The van der Waals surface area contributed by atoms with E-state index in [1.165, 1.54) is 12.1 Å². The fourth-order valence-electron chi connectivity index (χ4n) is 1.88. The largest absolute Gasteiger partial charge is 0.480 e. The van der Waals surface area contributed by atoms with Gasteiger partial charge in [-0.1, -0.05) is 18.7 Å². The molecule has 2 rings (SSSR count). The third kappa shape index (κ3) is 4.57. The molecule has 0 saturated carbocycles. The summed E-state index contributed by atoms with van der Waals surface area (Å²) in [5, 5.41) is 10.6. The van der Waals surface area contributed by atoms with Gasteiger partial charge in [0.25, 0.3) is 11.5 Å². The normalized spacial score (nSPS) is 11.8. The summed E-state index contributed by atoms with van der Waals surface area (Å²) in [5.41, 5.74) is 4.86. The van der Waals surface area contributed by atoms with Gasteiger partial charge in [0.15, 0.2) is 11.0 Å². The lowest BCUT2D eigenvalue weighted by Crippen LogP contribution is -2.24. The number of aromatic amines is 1. The smallest absolute Gasteiger partial charge is 0.317 e. The van der Waals surface area contributed by atoms with Crippen molar-refractivity contribution in [3.63, 3.8) is 0 Å². The van der Waals surface area contributed by atoms with Crippen LogP contribution in [0, 0.1) is 5.82 Å². The molecule has 0 aliphatic rings. The highest BCUT2D eigenvalue weighted by molar-refractivity contribution is 8.00. The van der Waals surface area contributed by atoms with E-state index in [9.17, 15) is 18.8 Å². The van der Waals surface area contributed by atoms with Gasteiger partial charge in [0, 0.05) is 5.56 Å². The summed E-state index contributed by atoms with van der Waals surface area (Å²) in [5.74, 6) is -2.44. The first-order chi connectivity index (χ1) is 11.8. The summed E-state index contributed by atoms with van der Waals surface area (Å²) in [4.78, 5) is 41.5. The van der Waals surface area contributed by atoms with Crippen LogP contribution in [0.4, 0.5) is 15.9 Å². The quantitative estimate of drug-likeness (QED) is 0.451. The molecule has 0 fully saturated rings. The van der Waals surface area contributed by atoms with Crippen LogP contribution in [0.2, 0.25) is 0 Å². The van der Waals surface area contributed by atoms with Gasteiger partial charge in [0.1, 0.15) is 16.8 Å². The molecule has 1 aromatic heterocycles. The lowest BCUT2D eigenvalue weighted by atomic mass is 10.2. The Morgan fingerprint density at radius 1 is 1.40 bits per heavy atom. The maximum absolute atomic E-state index is 12.9. The molecule has 10 heteroatoms. The van der Waals surface area contributed by atoms with Gasteiger partial charge in [0.05, 0.1) is 0 Å². The van der Waals surface area contributed by atoms with Crippen LogP contribution in [0.5, 0.6) is 0 Å². The van der Waals surface area contributed by atoms with Gasteiger partial charge in [-0.15, -0.1) is 0 Å². The van der Waals surface area contributed by atoms with E-state index < -0.39 is 28.5 Å². The highest BCUT2D eigenvalue weighted by Crippen LogP contribution is 2.23. The Hall–Kier alpha value is -2.88. The second kappa shape index (κ2) is 7.79. The molecule has 0 aliphatic carbocycles. The topological polar surface area (TPSA) is 138 Å². The van der Waals surface area contributed by atoms with Crippen molar-refractivity contribution < 1.29 is 19.1 Å². The molecule has 0 unspecified atom stereocenters. The lowest BCUT2D eigenvalue weighted by molar-refractivity contribution is -0.136. The Morgan fingerprint density at radius 3 is 2.56 bits per heavy atom. The van der Waals surface area contributed by atoms with Gasteiger partial charge in [-0.2, -0.15) is 0 Å². The highest BCUT2D eigenvalue weighted by Gasteiger charge is 2.20. The van der Waals surface area contributed by atoms with Crippen LogP contribution in [-0.4, -0.2) is 32.2 Å². The first kappa shape index (κ1) is 18.5. The van der Waals surface area contributed by atoms with Gasteiger partial charge >= 0.3 is 5.97 Å². The Bertz CT molecular complexity index is 854. The van der Waals surface area contributed by atoms with Crippen molar-refractivity contribution in [2.75, 3.05) is 11.1 Å². The van der Waals surface area contributed by atoms with E-state index in [-0.39, 0.29) is 22.2 Å². The van der Waals surface area contributed by atoms with E-state index >= 15 is 0 Å². The highest BCUT2D eigenvalue weighted by atomic mass is 32.2. The number of carboxylic acids is 1. The lowest BCUT2D eigenvalue weighted by Gasteiger charge is -2.11. The Labute approximate surface area is 145 Å². The molecule has 25 heavy (non-hydrogen) atoms. The van der Waals surface area contributed by atoms with E-state index in [1.807, 2.05) is 0 Å². The maximum Gasteiger partial charge on any atom is 0.317 e. The second-order valence-electron chi connectivity index (χ2n) is 4.95. The molecule has 1 aromatic carbocycles. The van der Waals surface area contributed by atoms with Crippen LogP contribution in [0.15, 0.2) is 34.2 Å². The summed E-state index contributed by atoms with van der Waals surface area (Å²) in [6, 6.07) is 4.73. The SMILES string of the molecule is CC[C@H](Sc1nc(N)c(NC(=O)c2ccc(F)cc2)c(=O)[nH]1)C(=O)O. The average molecular weight is 366 g/mol. The van der Waals surface area contributed by atoms with Crippen molar-refractivity contribution in [3.05, 3.63) is 46.0 Å². The number of carbonyl (C=O) groups is 2. The van der Waals surface area contributed by atoms with Crippen LogP contribution < -0.4 is 16.6 Å². The molecule has 1 amide bonds. The minimum atomic E-state index is -1.04. The van der Waals surface area contributed by atoms with Gasteiger partial charge in [-0.05, 0) is 30.7 Å². The van der Waals surface area contributed by atoms with E-state index in [4.69, 9.17) is 10.8 Å². The standard InChI is InChI=1S/C15H15FN4O4S/c1-2-9(14(23)24)25-15-19-11(17)10(13(22)20-15)18-12(21)7-3-5-8(16)6-4-7/h3-6,9H,2H2,1H3,(H,18,21)(H,23,24)(H3,17,19,20,22)/t9-/m0/s1. The fraction of sp³-hybridized carbons (Fsp3) is 0.200. The zero-order valence-corrected chi connectivity index (χ0v) is 13.9. The summed E-state index contributed by atoms with van der Waals surface area (Å²) in [7, 11) is 0. The summed E-state index contributed by atoms with van der Waals surface area (Å²) >= 11 is 0.850. The van der Waals surface area contributed by atoms with Crippen LogP contribution in [-0.2, 0) is 4.79 Å². The van der Waals surface area contributed by atoms with Gasteiger partial charge in [0.2, 0.25) is 0 Å². The number of aliphatic carboxylic acids is 1. The number of halogens is 1. The molecule has 2 aromatic rings. The van der Waals surface area contributed by atoms with Crippen LogP contribution in [0.25, 0.3) is 0 Å². The molecule has 132 valence electrons. The van der Waals surface area contributed by atoms with Crippen LogP contribution in [0.3, 0.4) is 0 Å². The minimum Gasteiger partial charge on any atom is -0.480 e. The number of carbonyl (C=O) groups excluding carboxylic acids is 1. The third-order valence-corrected chi connectivity index (χ3v) is 4.41. The summed E-state index contributed by atoms with van der Waals surface area (Å²) in [6.07, 6.45) is 0.326. The molecule has 1 atom stereocenters.